The molecule has 0 radical (unpaired) electrons. The van der Waals surface area contributed by atoms with Crippen molar-refractivity contribution >= 4 is 43.7 Å². The molecule has 3 N–H and O–H groups in total. The number of hydrogen-bond acceptors (Lipinski definition) is 11. The minimum atomic E-state index is -5.01. The van der Waals surface area contributed by atoms with Crippen LogP contribution in [0.3, 0.4) is 0 Å². The third kappa shape index (κ3) is 31.7. The van der Waals surface area contributed by atoms with Crippen LogP contribution in [0.2, 0.25) is 0 Å². The molecule has 3 atom stereocenters. The van der Waals surface area contributed by atoms with Gasteiger partial charge in [0, 0.05) is 12.1 Å². The molecule has 1 aromatic carbocycles. The normalized spacial score (nSPS) is 12.9. The van der Waals surface area contributed by atoms with E-state index in [0.717, 1.165) is 70.6 Å². The van der Waals surface area contributed by atoms with Crippen LogP contribution < -0.4 is 40.0 Å². The van der Waals surface area contributed by atoms with E-state index in [-0.39, 0.29) is 65.9 Å². The van der Waals surface area contributed by atoms with Gasteiger partial charge in [-0.3, -0.25) is 14.4 Å². The van der Waals surface area contributed by atoms with Gasteiger partial charge in [-0.15, -0.1) is 0 Å². The second-order valence-corrected chi connectivity index (χ2v) is 18.9. The number of hydrogen-bond donors (Lipinski definition) is 2. The SMILES string of the molecule is CCCCC(CC)COC(=O)CC(C(=O)OCC(CC)CCCC)S(=O)(=O)[O-].CCCCCCCCCCCCCCCCCC(=O)NS(=O)(=O)c1ccc(N)cc1.[Na+]. The van der Waals surface area contributed by atoms with E-state index in [1.165, 1.54) is 101 Å². The quantitative estimate of drug-likeness (QED) is 0.0234. The molecule has 0 aliphatic heterocycles. The summed E-state index contributed by atoms with van der Waals surface area (Å²) in [6.45, 7) is 10.5. The zero-order valence-corrected chi connectivity index (χ0v) is 41.2. The maximum absolute atomic E-state index is 12.1. The Morgan fingerprint density at radius 3 is 1.44 bits per heavy atom. The Bertz CT molecular complexity index is 1440. The van der Waals surface area contributed by atoms with Crippen LogP contribution in [0.5, 0.6) is 0 Å². The van der Waals surface area contributed by atoms with Gasteiger partial charge < -0.3 is 19.8 Å². The number of nitrogen functional groups attached to an aromatic ring is 1. The van der Waals surface area contributed by atoms with Crippen molar-refractivity contribution in [3.63, 3.8) is 0 Å². The minimum Gasteiger partial charge on any atom is -0.747 e. The second kappa shape index (κ2) is 36.9. The summed E-state index contributed by atoms with van der Waals surface area (Å²) in [5.74, 6) is -2.19. The number of sulfonamides is 1. The molecule has 0 fully saturated rings. The molecular formula is C44H79N2NaO10S2. The van der Waals surface area contributed by atoms with Crippen LogP contribution in [-0.2, 0) is 44.0 Å². The molecule has 12 nitrogen and oxygen atoms in total. The van der Waals surface area contributed by atoms with Crippen molar-refractivity contribution in [2.75, 3.05) is 18.9 Å². The Kier molecular flexibility index (Phi) is 37.1. The summed E-state index contributed by atoms with van der Waals surface area (Å²) in [4.78, 5) is 36.1. The number of unbranched alkanes of at least 4 members (excludes halogenated alkanes) is 16. The Hall–Kier alpha value is -1.71. The standard InChI is InChI=1S/C24H42N2O3S.C20H38O7S.Na/c1-2-3-4-5-6-7-8-9-10-11-12-13-14-15-16-17-24(27)26-30(28,29)23-20-18-22(25)19-21-23;1-5-9-11-16(7-3)14-26-19(21)13-18(28(23,24)25)20(22)27-15-17(8-4)12-10-6-2;/h18-21H,2-17,25H2,1H3,(H,26,27);16-18H,5-15H2,1-4H3,(H,23,24,25);/q;;+1/p-1. The number of nitrogens with one attached hydrogen (secondary N) is 1. The van der Waals surface area contributed by atoms with Crippen LogP contribution in [0, 0.1) is 11.8 Å². The van der Waals surface area contributed by atoms with Gasteiger partial charge in [-0.2, -0.15) is 0 Å². The number of esters is 2. The number of anilines is 1. The maximum Gasteiger partial charge on any atom is 1.00 e. The van der Waals surface area contributed by atoms with Crippen molar-refractivity contribution in [2.24, 2.45) is 11.8 Å². The van der Waals surface area contributed by atoms with Crippen molar-refractivity contribution in [1.82, 2.24) is 4.72 Å². The molecule has 3 unspecified atom stereocenters. The first-order valence-corrected chi connectivity index (χ1v) is 25.3. The summed E-state index contributed by atoms with van der Waals surface area (Å²) in [6, 6.07) is 5.82. The number of carbonyl (C=O) groups is 3. The van der Waals surface area contributed by atoms with Crippen molar-refractivity contribution < 1.29 is 74.8 Å². The monoisotopic (exact) mass is 883 g/mol. The molecule has 15 heteroatoms. The number of benzene rings is 1. The fourth-order valence-electron chi connectivity index (χ4n) is 6.38. The molecule has 1 amide bonds. The van der Waals surface area contributed by atoms with Crippen LogP contribution in [0.1, 0.15) is 195 Å². The molecule has 338 valence electrons. The largest absolute Gasteiger partial charge is 1.00 e. The Balaban J connectivity index is 0. The summed E-state index contributed by atoms with van der Waals surface area (Å²) in [6.07, 6.45) is 25.7. The van der Waals surface area contributed by atoms with Gasteiger partial charge in [0.15, 0.2) is 5.25 Å². The Morgan fingerprint density at radius 1 is 0.627 bits per heavy atom. The molecule has 59 heavy (non-hydrogen) atoms. The van der Waals surface area contributed by atoms with Crippen molar-refractivity contribution in [2.45, 2.75) is 205 Å². The van der Waals surface area contributed by atoms with E-state index in [2.05, 4.69) is 25.5 Å². The number of nitrogens with two attached hydrogens (primary N) is 1. The van der Waals surface area contributed by atoms with Crippen molar-refractivity contribution in [1.29, 1.82) is 0 Å². The molecule has 0 saturated carbocycles. The number of carbonyl (C=O) groups excluding carboxylic acids is 3. The van der Waals surface area contributed by atoms with E-state index in [1.54, 1.807) is 0 Å². The molecule has 0 heterocycles. The van der Waals surface area contributed by atoms with Crippen LogP contribution >= 0.6 is 0 Å². The van der Waals surface area contributed by atoms with E-state index >= 15 is 0 Å². The third-order valence-corrected chi connectivity index (χ3v) is 12.9. The van der Waals surface area contributed by atoms with Crippen LogP contribution in [0.25, 0.3) is 0 Å². The summed E-state index contributed by atoms with van der Waals surface area (Å²) < 4.78 is 71.0. The molecule has 1 rings (SSSR count). The summed E-state index contributed by atoms with van der Waals surface area (Å²) in [5, 5.41) is -2.06. The Morgan fingerprint density at radius 2 is 1.03 bits per heavy atom. The van der Waals surface area contributed by atoms with Gasteiger partial charge in [0.25, 0.3) is 10.0 Å². The molecule has 0 spiro atoms. The van der Waals surface area contributed by atoms with E-state index in [9.17, 15) is 35.8 Å². The average Bonchev–Trinajstić information content (AvgIpc) is 3.18. The number of rotatable bonds is 34. The predicted molar refractivity (Wildman–Crippen MR) is 232 cm³/mol. The first-order valence-electron chi connectivity index (χ1n) is 22.3. The summed E-state index contributed by atoms with van der Waals surface area (Å²) in [7, 11) is -8.82. The summed E-state index contributed by atoms with van der Waals surface area (Å²) >= 11 is 0. The molecule has 0 saturated heterocycles. The van der Waals surface area contributed by atoms with Gasteiger partial charge in [-0.1, -0.05) is 163 Å². The topological polar surface area (TPSA) is 199 Å². The van der Waals surface area contributed by atoms with Gasteiger partial charge in [0.2, 0.25) is 5.91 Å². The van der Waals surface area contributed by atoms with Crippen LogP contribution in [0.4, 0.5) is 5.69 Å². The van der Waals surface area contributed by atoms with Crippen molar-refractivity contribution in [3.05, 3.63) is 24.3 Å². The molecule has 1 aromatic rings. The molecule has 0 aliphatic carbocycles. The zero-order chi connectivity index (χ0) is 43.7. The summed E-state index contributed by atoms with van der Waals surface area (Å²) in [5.41, 5.74) is 6.04. The fraction of sp³-hybridized carbons (Fsp3) is 0.795. The van der Waals surface area contributed by atoms with Crippen LogP contribution in [0.15, 0.2) is 29.2 Å². The van der Waals surface area contributed by atoms with Gasteiger partial charge in [-0.25, -0.2) is 21.6 Å². The molecule has 0 aromatic heterocycles. The first kappa shape index (κ1) is 59.4. The predicted octanol–water partition coefficient (Wildman–Crippen LogP) is 7.15. The minimum absolute atomic E-state index is 0. The van der Waals surface area contributed by atoms with E-state index < -0.39 is 49.7 Å². The number of ether oxygens (including phenoxy) is 2. The van der Waals surface area contributed by atoms with Crippen LogP contribution in [-0.4, -0.2) is 57.7 Å². The molecule has 0 aliphatic rings. The molecule has 0 bridgehead atoms. The third-order valence-electron chi connectivity index (χ3n) is 10.4. The van der Waals surface area contributed by atoms with Gasteiger partial charge >= 0.3 is 41.5 Å². The number of amides is 1. The first-order chi connectivity index (χ1) is 27.6. The van der Waals surface area contributed by atoms with Crippen molar-refractivity contribution in [3.8, 4) is 0 Å². The zero-order valence-electron chi connectivity index (χ0n) is 37.6. The molecular weight excluding hydrogens is 804 g/mol. The smallest absolute Gasteiger partial charge is 0.747 e. The maximum atomic E-state index is 12.1. The van der Waals surface area contributed by atoms with E-state index in [1.807, 2.05) is 13.8 Å². The van der Waals surface area contributed by atoms with Gasteiger partial charge in [0.1, 0.15) is 10.1 Å². The second-order valence-electron chi connectivity index (χ2n) is 15.6. The Labute approximate surface area is 381 Å². The van der Waals surface area contributed by atoms with E-state index in [4.69, 9.17) is 15.2 Å². The average molecular weight is 883 g/mol. The van der Waals surface area contributed by atoms with Gasteiger partial charge in [0.05, 0.1) is 24.5 Å². The van der Waals surface area contributed by atoms with Gasteiger partial charge in [-0.05, 0) is 55.4 Å². The van der Waals surface area contributed by atoms with E-state index in [0.29, 0.717) is 5.69 Å². The fourth-order valence-corrected chi connectivity index (χ4v) is 8.04.